The van der Waals surface area contributed by atoms with Crippen molar-refractivity contribution in [3.63, 3.8) is 0 Å². The summed E-state index contributed by atoms with van der Waals surface area (Å²) < 4.78 is 5.05. The molecule has 0 spiro atoms. The van der Waals surface area contributed by atoms with E-state index in [4.69, 9.17) is 16.3 Å². The highest BCUT2D eigenvalue weighted by molar-refractivity contribution is 6.21. The van der Waals surface area contributed by atoms with Crippen LogP contribution in [0, 0.1) is 0 Å². The highest BCUT2D eigenvalue weighted by Gasteiger charge is 2.43. The molecule has 0 radical (unpaired) electrons. The number of carbonyl (C=O) groups is 3. The highest BCUT2D eigenvalue weighted by Crippen LogP contribution is 2.30. The molecule has 2 heterocycles. The van der Waals surface area contributed by atoms with Crippen LogP contribution in [0.3, 0.4) is 0 Å². The van der Waals surface area contributed by atoms with Crippen LogP contribution in [0.25, 0.3) is 0 Å². The van der Waals surface area contributed by atoms with Crippen molar-refractivity contribution in [2.45, 2.75) is 25.0 Å². The van der Waals surface area contributed by atoms with Gasteiger partial charge >= 0.3 is 5.97 Å². The zero-order valence-corrected chi connectivity index (χ0v) is 11.3. The van der Waals surface area contributed by atoms with E-state index in [0.717, 1.165) is 0 Å². The van der Waals surface area contributed by atoms with E-state index in [0.29, 0.717) is 17.5 Å². The SMILES string of the molecule is O=C1C[C@H](N2C(=O)c3ccccc3C2=O)C[C@@H](CCl)O1. The molecule has 2 atom stereocenters. The number of ether oxygens (including phenoxy) is 1. The number of imide groups is 1. The molecule has 0 saturated carbocycles. The molecule has 3 rings (SSSR count). The number of halogens is 1. The topological polar surface area (TPSA) is 63.7 Å². The quantitative estimate of drug-likeness (QED) is 0.472. The Labute approximate surface area is 120 Å². The number of alkyl halides is 1. The number of hydrogen-bond acceptors (Lipinski definition) is 4. The summed E-state index contributed by atoms with van der Waals surface area (Å²) >= 11 is 5.71. The molecule has 0 N–H and O–H groups in total. The summed E-state index contributed by atoms with van der Waals surface area (Å²) in [6.45, 7) is 0. The third-order valence-electron chi connectivity index (χ3n) is 3.60. The van der Waals surface area contributed by atoms with E-state index in [9.17, 15) is 14.4 Å². The lowest BCUT2D eigenvalue weighted by atomic mass is 10.0. The lowest BCUT2D eigenvalue weighted by Crippen LogP contribution is -2.47. The molecule has 6 heteroatoms. The third-order valence-corrected chi connectivity index (χ3v) is 3.94. The molecule has 20 heavy (non-hydrogen) atoms. The fraction of sp³-hybridized carbons (Fsp3) is 0.357. The second-order valence-electron chi connectivity index (χ2n) is 4.89. The van der Waals surface area contributed by atoms with Gasteiger partial charge in [0.2, 0.25) is 0 Å². The van der Waals surface area contributed by atoms with Gasteiger partial charge in [-0.1, -0.05) is 12.1 Å². The molecule has 2 aliphatic heterocycles. The molecule has 2 amide bonds. The Morgan fingerprint density at radius 2 is 1.75 bits per heavy atom. The van der Waals surface area contributed by atoms with E-state index in [2.05, 4.69) is 0 Å². The van der Waals surface area contributed by atoms with Crippen LogP contribution in [-0.2, 0) is 9.53 Å². The number of cyclic esters (lactones) is 1. The van der Waals surface area contributed by atoms with E-state index in [1.807, 2.05) is 0 Å². The first-order chi connectivity index (χ1) is 9.61. The molecule has 104 valence electrons. The minimum Gasteiger partial charge on any atom is -0.461 e. The van der Waals surface area contributed by atoms with Gasteiger partial charge in [-0.2, -0.15) is 0 Å². The number of carbonyl (C=O) groups excluding carboxylic acids is 3. The largest absolute Gasteiger partial charge is 0.461 e. The Balaban J connectivity index is 1.90. The van der Waals surface area contributed by atoms with Gasteiger partial charge in [0, 0.05) is 6.42 Å². The maximum atomic E-state index is 12.3. The molecule has 0 unspecified atom stereocenters. The molecule has 2 aliphatic rings. The number of esters is 1. The first-order valence-electron chi connectivity index (χ1n) is 6.34. The monoisotopic (exact) mass is 293 g/mol. The van der Waals surface area contributed by atoms with Crippen molar-refractivity contribution >= 4 is 29.4 Å². The lowest BCUT2D eigenvalue weighted by molar-refractivity contribution is -0.154. The van der Waals surface area contributed by atoms with Crippen LogP contribution in [0.1, 0.15) is 33.6 Å². The Morgan fingerprint density at radius 1 is 1.15 bits per heavy atom. The number of rotatable bonds is 2. The van der Waals surface area contributed by atoms with Gasteiger partial charge in [-0.05, 0) is 12.1 Å². The zero-order chi connectivity index (χ0) is 14.3. The molecular weight excluding hydrogens is 282 g/mol. The molecule has 1 fully saturated rings. The molecule has 0 bridgehead atoms. The summed E-state index contributed by atoms with van der Waals surface area (Å²) in [6.07, 6.45) is -0.0354. The summed E-state index contributed by atoms with van der Waals surface area (Å²) in [7, 11) is 0. The summed E-state index contributed by atoms with van der Waals surface area (Å²) in [4.78, 5) is 37.4. The van der Waals surface area contributed by atoms with E-state index in [1.165, 1.54) is 4.90 Å². The van der Waals surface area contributed by atoms with E-state index < -0.39 is 18.1 Å². The number of fused-ring (bicyclic) bond motifs is 1. The summed E-state index contributed by atoms with van der Waals surface area (Å²) in [5.41, 5.74) is 0.776. The Morgan fingerprint density at radius 3 is 2.30 bits per heavy atom. The normalized spacial score (nSPS) is 25.6. The smallest absolute Gasteiger partial charge is 0.308 e. The minimum atomic E-state index is -0.479. The Hall–Kier alpha value is -1.88. The second kappa shape index (κ2) is 4.90. The lowest BCUT2D eigenvalue weighted by Gasteiger charge is -2.32. The fourth-order valence-electron chi connectivity index (χ4n) is 2.69. The summed E-state index contributed by atoms with van der Waals surface area (Å²) in [5.74, 6) is -0.966. The predicted molar refractivity (Wildman–Crippen MR) is 70.6 cm³/mol. The van der Waals surface area contributed by atoms with Crippen molar-refractivity contribution in [1.29, 1.82) is 0 Å². The maximum absolute atomic E-state index is 12.3. The van der Waals surface area contributed by atoms with Crippen molar-refractivity contribution in [3.05, 3.63) is 35.4 Å². The fourth-order valence-corrected chi connectivity index (χ4v) is 2.88. The molecule has 1 saturated heterocycles. The summed E-state index contributed by atoms with van der Waals surface area (Å²) in [5, 5.41) is 0. The average Bonchev–Trinajstić information content (AvgIpc) is 2.71. The minimum absolute atomic E-state index is 0.0266. The first-order valence-corrected chi connectivity index (χ1v) is 6.87. The van der Waals surface area contributed by atoms with Gasteiger partial charge in [-0.3, -0.25) is 19.3 Å². The number of nitrogens with zero attached hydrogens (tertiary/aromatic N) is 1. The molecule has 1 aromatic rings. The zero-order valence-electron chi connectivity index (χ0n) is 10.5. The van der Waals surface area contributed by atoms with Crippen molar-refractivity contribution < 1.29 is 19.1 Å². The van der Waals surface area contributed by atoms with Gasteiger partial charge in [0.05, 0.1) is 29.5 Å². The van der Waals surface area contributed by atoms with E-state index in [-0.39, 0.29) is 24.1 Å². The molecular formula is C14H12ClNO4. The van der Waals surface area contributed by atoms with Crippen LogP contribution in [0.2, 0.25) is 0 Å². The van der Waals surface area contributed by atoms with Gasteiger partial charge in [0.1, 0.15) is 6.10 Å². The molecule has 0 aliphatic carbocycles. The molecule has 5 nitrogen and oxygen atoms in total. The predicted octanol–water partition coefficient (Wildman–Crippen LogP) is 1.60. The van der Waals surface area contributed by atoms with Gasteiger partial charge in [-0.25, -0.2) is 0 Å². The number of amides is 2. The van der Waals surface area contributed by atoms with Crippen molar-refractivity contribution in [2.75, 3.05) is 5.88 Å². The number of benzene rings is 1. The van der Waals surface area contributed by atoms with Crippen LogP contribution in [0.15, 0.2) is 24.3 Å². The Bertz CT molecular complexity index is 566. The third kappa shape index (κ3) is 1.98. The first kappa shape index (κ1) is 13.1. The Kier molecular flexibility index (Phi) is 3.22. The maximum Gasteiger partial charge on any atom is 0.308 e. The highest BCUT2D eigenvalue weighted by atomic mass is 35.5. The van der Waals surface area contributed by atoms with E-state index >= 15 is 0 Å². The summed E-state index contributed by atoms with van der Waals surface area (Å²) in [6, 6.07) is 6.19. The standard InChI is InChI=1S/C14H12ClNO4/c15-7-9-5-8(6-12(17)20-9)16-13(18)10-3-1-2-4-11(10)14(16)19/h1-4,8-9H,5-7H2/t8-,9+/m1/s1. The average molecular weight is 294 g/mol. The van der Waals surface area contributed by atoms with E-state index in [1.54, 1.807) is 24.3 Å². The van der Waals surface area contributed by atoms with Crippen LogP contribution in [0.5, 0.6) is 0 Å². The van der Waals surface area contributed by atoms with Crippen LogP contribution < -0.4 is 0 Å². The van der Waals surface area contributed by atoms with Gasteiger partial charge < -0.3 is 4.74 Å². The van der Waals surface area contributed by atoms with Crippen LogP contribution in [0.4, 0.5) is 0 Å². The van der Waals surface area contributed by atoms with Crippen molar-refractivity contribution in [2.24, 2.45) is 0 Å². The van der Waals surface area contributed by atoms with Crippen molar-refractivity contribution in [3.8, 4) is 0 Å². The van der Waals surface area contributed by atoms with Gasteiger partial charge in [0.15, 0.2) is 0 Å². The second-order valence-corrected chi connectivity index (χ2v) is 5.19. The van der Waals surface area contributed by atoms with Crippen LogP contribution in [-0.4, -0.2) is 40.7 Å². The molecule has 0 aromatic heterocycles. The van der Waals surface area contributed by atoms with Gasteiger partial charge in [0.25, 0.3) is 11.8 Å². The van der Waals surface area contributed by atoms with Crippen LogP contribution >= 0.6 is 11.6 Å². The van der Waals surface area contributed by atoms with Crippen molar-refractivity contribution in [1.82, 2.24) is 4.90 Å². The number of hydrogen-bond donors (Lipinski definition) is 0. The van der Waals surface area contributed by atoms with Gasteiger partial charge in [-0.15, -0.1) is 11.6 Å². The molecule has 1 aromatic carbocycles.